The first-order chi connectivity index (χ1) is 18.0. The van der Waals surface area contributed by atoms with Gasteiger partial charge in [-0.3, -0.25) is 4.79 Å². The third-order valence-electron chi connectivity index (χ3n) is 6.04. The maximum absolute atomic E-state index is 13.8. The molecule has 220 valence electrons. The standard InChI is InChI=1S/C19H20F2O3S.C11H16O2S.Na.H2O/c1-9(2)12-8-16(25-18(12)10(3)4)15(22)7-11-5-13(20)17(19(23)24)14(21)6-11;1-6(2)8-5-9(11(12)13)14-10(8)7(3)4;;/h5-6,8-10H,7H2,1-4H3,(H,23,24);5-7H,1-4H3,(H,12,13);;1H2/q;;+1;/p-1. The normalized spacial score (nSPS) is 10.8. The molecule has 0 saturated heterocycles. The summed E-state index contributed by atoms with van der Waals surface area (Å²) in [6.45, 7) is 16.6. The SMILES string of the molecule is CC(C)c1cc(C(=O)Cc2cc(F)c(C(=O)O)c(F)c2)sc1C(C)C.CC(C)c1cc(C(=O)O)sc1C(C)C.[Na+].[OH-]. The van der Waals surface area contributed by atoms with Gasteiger partial charge in [0.05, 0.1) is 4.88 Å². The van der Waals surface area contributed by atoms with Crippen molar-refractivity contribution in [3.8, 4) is 0 Å². The number of benzene rings is 1. The number of rotatable bonds is 9. The van der Waals surface area contributed by atoms with Crippen molar-refractivity contribution >= 4 is 40.4 Å². The molecule has 6 nitrogen and oxygen atoms in total. The van der Waals surface area contributed by atoms with Crippen molar-refractivity contribution in [3.05, 3.63) is 77.7 Å². The molecule has 0 fully saturated rings. The third-order valence-corrected chi connectivity index (χ3v) is 8.97. The van der Waals surface area contributed by atoms with Crippen LogP contribution in [0.5, 0.6) is 0 Å². The van der Waals surface area contributed by atoms with E-state index in [9.17, 15) is 23.2 Å². The molecule has 41 heavy (non-hydrogen) atoms. The quantitative estimate of drug-likeness (QED) is 0.227. The predicted molar refractivity (Wildman–Crippen MR) is 155 cm³/mol. The van der Waals surface area contributed by atoms with Crippen LogP contribution >= 0.6 is 22.7 Å². The Morgan fingerprint density at radius 2 is 1.07 bits per heavy atom. The fourth-order valence-corrected chi connectivity index (χ4v) is 6.51. The van der Waals surface area contributed by atoms with Crippen molar-refractivity contribution in [3.63, 3.8) is 0 Å². The molecule has 0 unspecified atom stereocenters. The van der Waals surface area contributed by atoms with Gasteiger partial charge in [-0.05, 0) is 64.6 Å². The second-order valence-electron chi connectivity index (χ2n) is 10.6. The molecule has 0 aliphatic carbocycles. The molecule has 0 atom stereocenters. The first-order valence-corrected chi connectivity index (χ1v) is 14.4. The van der Waals surface area contributed by atoms with E-state index >= 15 is 0 Å². The zero-order chi connectivity index (χ0) is 29.8. The maximum Gasteiger partial charge on any atom is 1.00 e. The zero-order valence-corrected chi connectivity index (χ0v) is 28.6. The fourth-order valence-electron chi connectivity index (χ4n) is 4.09. The van der Waals surface area contributed by atoms with Gasteiger partial charge in [-0.25, -0.2) is 18.4 Å². The van der Waals surface area contributed by atoms with Crippen molar-refractivity contribution in [1.29, 1.82) is 0 Å². The molecule has 0 aliphatic rings. The number of thiophene rings is 2. The van der Waals surface area contributed by atoms with Crippen molar-refractivity contribution in [2.75, 3.05) is 0 Å². The molecule has 2 aromatic heterocycles. The van der Waals surface area contributed by atoms with Crippen LogP contribution in [0.1, 0.15) is 135 Å². The molecule has 3 aromatic rings. The minimum atomic E-state index is -1.67. The second kappa shape index (κ2) is 16.6. The summed E-state index contributed by atoms with van der Waals surface area (Å²) >= 11 is 2.81. The van der Waals surface area contributed by atoms with Crippen molar-refractivity contribution in [2.45, 2.75) is 85.5 Å². The number of hydrogen-bond acceptors (Lipinski definition) is 6. The molecule has 0 amide bonds. The molecular weight excluding hydrogens is 581 g/mol. The van der Waals surface area contributed by atoms with Crippen LogP contribution < -0.4 is 29.6 Å². The van der Waals surface area contributed by atoms with E-state index in [-0.39, 0.29) is 64.6 Å². The predicted octanol–water partition coefficient (Wildman–Crippen LogP) is 5.92. The van der Waals surface area contributed by atoms with Crippen LogP contribution in [-0.4, -0.2) is 33.4 Å². The average molecular weight is 619 g/mol. The zero-order valence-electron chi connectivity index (χ0n) is 25.0. The number of hydrogen-bond donors (Lipinski definition) is 2. The summed E-state index contributed by atoms with van der Waals surface area (Å²) in [5.74, 6) is -3.70. The van der Waals surface area contributed by atoms with Crippen LogP contribution in [-0.2, 0) is 6.42 Å². The maximum atomic E-state index is 13.8. The number of carboxylic acids is 2. The van der Waals surface area contributed by atoms with Gasteiger partial charge in [0.1, 0.15) is 22.1 Å². The molecule has 2 heterocycles. The van der Waals surface area contributed by atoms with Crippen LogP contribution in [0, 0.1) is 11.6 Å². The average Bonchev–Trinajstić information content (AvgIpc) is 3.45. The molecule has 3 N–H and O–H groups in total. The Labute approximate surface area is 270 Å². The monoisotopic (exact) mass is 618 g/mol. The molecule has 0 saturated carbocycles. The van der Waals surface area contributed by atoms with Gasteiger partial charge in [0.15, 0.2) is 5.78 Å². The number of halogens is 2. The van der Waals surface area contributed by atoms with E-state index < -0.39 is 29.1 Å². The molecule has 3 rings (SSSR count). The Bertz CT molecular complexity index is 1280. The Kier molecular flexibility index (Phi) is 15.8. The fraction of sp³-hybridized carbons (Fsp3) is 0.433. The summed E-state index contributed by atoms with van der Waals surface area (Å²) in [6.07, 6.45) is -0.177. The molecular formula is C30H37F2NaO6S2. The number of carbonyl (C=O) groups excluding carboxylic acids is 1. The van der Waals surface area contributed by atoms with Gasteiger partial charge >= 0.3 is 41.5 Å². The van der Waals surface area contributed by atoms with E-state index in [1.165, 1.54) is 33.1 Å². The van der Waals surface area contributed by atoms with Crippen LogP contribution in [0.15, 0.2) is 24.3 Å². The second-order valence-corrected chi connectivity index (χ2v) is 12.8. The number of Topliss-reactive ketones (excluding diaryl/α,β-unsaturated/α-hetero) is 1. The first-order valence-electron chi connectivity index (χ1n) is 12.8. The summed E-state index contributed by atoms with van der Waals surface area (Å²) in [5.41, 5.74) is 1.41. The third kappa shape index (κ3) is 10.1. The summed E-state index contributed by atoms with van der Waals surface area (Å²) < 4.78 is 27.5. The molecule has 1 aromatic carbocycles. The minimum Gasteiger partial charge on any atom is -0.870 e. The number of carbonyl (C=O) groups is 3. The van der Waals surface area contributed by atoms with Crippen LogP contribution in [0.4, 0.5) is 8.78 Å². The van der Waals surface area contributed by atoms with Gasteiger partial charge in [-0.1, -0.05) is 55.4 Å². The van der Waals surface area contributed by atoms with E-state index in [1.807, 2.05) is 12.1 Å². The Morgan fingerprint density at radius 1 is 0.683 bits per heavy atom. The van der Waals surface area contributed by atoms with E-state index in [0.717, 1.165) is 22.6 Å². The van der Waals surface area contributed by atoms with Gasteiger partial charge in [-0.2, -0.15) is 0 Å². The number of ketones is 1. The summed E-state index contributed by atoms with van der Waals surface area (Å²) in [4.78, 5) is 37.5. The van der Waals surface area contributed by atoms with Gasteiger partial charge < -0.3 is 15.7 Å². The summed E-state index contributed by atoms with van der Waals surface area (Å²) in [6, 6.07) is 5.48. The van der Waals surface area contributed by atoms with E-state index in [1.54, 1.807) is 0 Å². The number of carboxylic acid groups (broad SMARTS) is 2. The molecule has 0 radical (unpaired) electrons. The van der Waals surface area contributed by atoms with Gasteiger partial charge in [0.2, 0.25) is 0 Å². The van der Waals surface area contributed by atoms with Gasteiger partial charge in [0, 0.05) is 16.2 Å². The minimum absolute atomic E-state index is 0. The van der Waals surface area contributed by atoms with Gasteiger partial charge in [0.25, 0.3) is 0 Å². The van der Waals surface area contributed by atoms with Crippen LogP contribution in [0.2, 0.25) is 0 Å². The smallest absolute Gasteiger partial charge is 0.870 e. The van der Waals surface area contributed by atoms with Crippen molar-refractivity contribution in [1.82, 2.24) is 0 Å². The molecule has 11 heteroatoms. The summed E-state index contributed by atoms with van der Waals surface area (Å²) in [5, 5.41) is 17.7. The van der Waals surface area contributed by atoms with E-state index in [0.29, 0.717) is 21.6 Å². The largest absolute Gasteiger partial charge is 1.00 e. The Balaban J connectivity index is 0.000000857. The summed E-state index contributed by atoms with van der Waals surface area (Å²) in [7, 11) is 0. The van der Waals surface area contributed by atoms with Crippen molar-refractivity contribution < 1.29 is 68.4 Å². The Morgan fingerprint density at radius 3 is 1.39 bits per heavy atom. The van der Waals surface area contributed by atoms with Crippen LogP contribution in [0.3, 0.4) is 0 Å². The number of aromatic carboxylic acids is 2. The molecule has 0 aliphatic heterocycles. The first kappa shape index (κ1) is 39.0. The van der Waals surface area contributed by atoms with Crippen LogP contribution in [0.25, 0.3) is 0 Å². The van der Waals surface area contributed by atoms with E-state index in [2.05, 4.69) is 55.4 Å². The Hall–Kier alpha value is -1.95. The van der Waals surface area contributed by atoms with Crippen molar-refractivity contribution in [2.24, 2.45) is 0 Å². The topological polar surface area (TPSA) is 122 Å². The van der Waals surface area contributed by atoms with E-state index in [4.69, 9.17) is 10.2 Å². The van der Waals surface area contributed by atoms with Gasteiger partial charge in [-0.15, -0.1) is 22.7 Å². The molecule has 0 bridgehead atoms. The molecule has 0 spiro atoms.